The van der Waals surface area contributed by atoms with Crippen LogP contribution in [0.1, 0.15) is 113 Å². The largest absolute Gasteiger partial charge is 0.677 e. The molecule has 0 atom stereocenters. The lowest BCUT2D eigenvalue weighted by molar-refractivity contribution is -0.138. The van der Waals surface area contributed by atoms with Gasteiger partial charge in [0.15, 0.2) is 6.29 Å². The molecule has 0 aliphatic carbocycles. The lowest BCUT2D eigenvalue weighted by atomic mass is 9.82. The van der Waals surface area contributed by atoms with Gasteiger partial charge in [0.05, 0.1) is 41.6 Å². The highest BCUT2D eigenvalue weighted by atomic mass is 19.4. The summed E-state index contributed by atoms with van der Waals surface area (Å²) in [7, 11) is -0.256. The second-order valence-corrected chi connectivity index (χ2v) is 25.0. The Hall–Kier alpha value is -10.9. The Balaban J connectivity index is 0.958. The Bertz CT molecular complexity index is 4940. The lowest BCUT2D eigenvalue weighted by Gasteiger charge is -2.29. The molecular formula is C80H64BF8N3O7. The van der Waals surface area contributed by atoms with Gasteiger partial charge in [-0.15, -0.1) is 0 Å². The van der Waals surface area contributed by atoms with E-state index in [0.29, 0.717) is 96.8 Å². The van der Waals surface area contributed by atoms with Crippen LogP contribution < -0.4 is 14.4 Å². The van der Waals surface area contributed by atoms with Crippen molar-refractivity contribution < 1.29 is 68.4 Å². The van der Waals surface area contributed by atoms with Crippen LogP contribution in [0.5, 0.6) is 17.2 Å². The van der Waals surface area contributed by atoms with Crippen molar-refractivity contribution in [2.24, 2.45) is 10.9 Å². The zero-order valence-corrected chi connectivity index (χ0v) is 55.3. The van der Waals surface area contributed by atoms with Gasteiger partial charge in [-0.05, 0) is 160 Å². The van der Waals surface area contributed by atoms with Crippen LogP contribution in [0.15, 0.2) is 204 Å². The molecule has 12 rings (SSSR count). The Morgan fingerprint density at radius 3 is 1.72 bits per heavy atom. The molecule has 0 N–H and O–H groups in total. The van der Waals surface area contributed by atoms with Crippen LogP contribution in [-0.2, 0) is 39.5 Å². The molecule has 0 radical (unpaired) electrons. The number of alkyl halides is 6. The number of allylic oxidation sites excluding steroid dienone is 1. The number of ether oxygens (including phenoxy) is 3. The summed E-state index contributed by atoms with van der Waals surface area (Å²) in [6, 6.07) is 46.6. The average Bonchev–Trinajstić information content (AvgIpc) is 1.12. The SMILES string of the molecule is CCc1c(C)c(/C(=C2\N=C(C(C)C)C(C(=O)OC)=C2C)c2c(-c3ccccc3)cc(OC(=O)Cc3ccc(N(C)C(=O)c4cc(-c5ccc(C(F)(F)F)cc5)c5c6c(c(-c7ccc(C(F)(F)F)cc7)cc(C=O)c46)Oc4ccccc4-5)cc3)cc2-c2ccccc2)n(B(F)F)c1C(C)C. The average molecular weight is 1340 g/mol. The van der Waals surface area contributed by atoms with Gasteiger partial charge in [-0.1, -0.05) is 150 Å². The molecule has 99 heavy (non-hydrogen) atoms. The predicted molar refractivity (Wildman–Crippen MR) is 371 cm³/mol. The van der Waals surface area contributed by atoms with Gasteiger partial charge in [0.2, 0.25) is 0 Å². The van der Waals surface area contributed by atoms with Crippen LogP contribution in [0.25, 0.3) is 72.0 Å². The number of carbonyl (C=O) groups is 4. The number of aldehydes is 1. The minimum Gasteiger partial charge on any atom is -0.465 e. The molecule has 0 unspecified atom stereocenters. The van der Waals surface area contributed by atoms with Crippen molar-refractivity contribution in [1.82, 2.24) is 4.48 Å². The molecule has 0 bridgehead atoms. The Morgan fingerprint density at radius 2 is 1.20 bits per heavy atom. The fourth-order valence-corrected chi connectivity index (χ4v) is 13.7. The van der Waals surface area contributed by atoms with Crippen molar-refractivity contribution in [1.29, 1.82) is 0 Å². The van der Waals surface area contributed by atoms with Crippen LogP contribution in [0.3, 0.4) is 0 Å². The summed E-state index contributed by atoms with van der Waals surface area (Å²) in [5.41, 5.74) is 7.05. The van der Waals surface area contributed by atoms with E-state index >= 15 is 13.4 Å². The molecule has 2 aliphatic heterocycles. The van der Waals surface area contributed by atoms with Crippen LogP contribution in [0.2, 0.25) is 0 Å². The van der Waals surface area contributed by atoms with Gasteiger partial charge < -0.3 is 23.6 Å². The van der Waals surface area contributed by atoms with E-state index in [9.17, 15) is 40.7 Å². The number of hydrogen-bond acceptors (Lipinski definition) is 8. The number of fused-ring (bicyclic) bond motifs is 2. The second kappa shape index (κ2) is 26.8. The van der Waals surface area contributed by atoms with Crippen molar-refractivity contribution >= 4 is 59.3 Å². The summed E-state index contributed by atoms with van der Waals surface area (Å²) in [6.45, 7) is 13.0. The Morgan fingerprint density at radius 1 is 0.657 bits per heavy atom. The first-order chi connectivity index (χ1) is 47.2. The van der Waals surface area contributed by atoms with Gasteiger partial charge in [-0.3, -0.25) is 28.0 Å². The van der Waals surface area contributed by atoms with Crippen LogP contribution in [0, 0.1) is 12.8 Å². The molecule has 19 heteroatoms. The third-order valence-corrected chi connectivity index (χ3v) is 18.2. The monoisotopic (exact) mass is 1340 g/mol. The van der Waals surface area contributed by atoms with Crippen molar-refractivity contribution in [2.75, 3.05) is 19.1 Å². The lowest BCUT2D eigenvalue weighted by Crippen LogP contribution is -2.27. The molecule has 1 aromatic heterocycles. The maximum absolute atomic E-state index is 16.3. The molecule has 10 nitrogen and oxygen atoms in total. The van der Waals surface area contributed by atoms with Gasteiger partial charge in [-0.2, -0.15) is 26.3 Å². The molecule has 1 amide bonds. The fraction of sp³-hybridized carbons (Fsp3) is 0.188. The minimum absolute atomic E-state index is 0.0381. The third-order valence-electron chi connectivity index (χ3n) is 18.2. The van der Waals surface area contributed by atoms with Crippen molar-refractivity contribution in [2.45, 2.75) is 79.6 Å². The number of amides is 1. The van der Waals surface area contributed by atoms with Crippen LogP contribution in [0.4, 0.5) is 40.7 Å². The van der Waals surface area contributed by atoms with Crippen LogP contribution in [-0.4, -0.2) is 55.9 Å². The smallest absolute Gasteiger partial charge is 0.465 e. The van der Waals surface area contributed by atoms with Gasteiger partial charge in [0.1, 0.15) is 17.2 Å². The van der Waals surface area contributed by atoms with E-state index in [4.69, 9.17) is 19.2 Å². The molecule has 0 saturated carbocycles. The molecule has 10 aromatic rings. The summed E-state index contributed by atoms with van der Waals surface area (Å²) in [4.78, 5) is 63.8. The number of aromatic nitrogens is 1. The molecule has 0 saturated heterocycles. The molecular weight excluding hydrogens is 1280 g/mol. The van der Waals surface area contributed by atoms with E-state index in [2.05, 4.69) is 0 Å². The zero-order valence-electron chi connectivity index (χ0n) is 55.3. The van der Waals surface area contributed by atoms with E-state index in [1.165, 1.54) is 55.5 Å². The summed E-state index contributed by atoms with van der Waals surface area (Å²) in [6.07, 6.45) is -8.70. The van der Waals surface area contributed by atoms with Crippen LogP contribution >= 0.6 is 0 Å². The summed E-state index contributed by atoms with van der Waals surface area (Å²) >= 11 is 0. The number of carbonyl (C=O) groups excluding carboxylic acids is 4. The van der Waals surface area contributed by atoms with E-state index in [1.54, 1.807) is 67.6 Å². The molecule has 2 aliphatic rings. The quantitative estimate of drug-likeness (QED) is 0.0293. The number of rotatable bonds is 17. The summed E-state index contributed by atoms with van der Waals surface area (Å²) in [5, 5.41) is 0.317. The number of para-hydroxylation sites is 1. The van der Waals surface area contributed by atoms with Gasteiger partial charge in [0, 0.05) is 73.8 Å². The zero-order chi connectivity index (χ0) is 70.7. The van der Waals surface area contributed by atoms with Gasteiger partial charge >= 0.3 is 31.7 Å². The highest BCUT2D eigenvalue weighted by Gasteiger charge is 2.40. The van der Waals surface area contributed by atoms with E-state index < -0.39 is 48.7 Å². The number of anilines is 1. The molecule has 9 aromatic carbocycles. The number of nitrogens with zero attached hydrogens (tertiary/aromatic N) is 3. The maximum Gasteiger partial charge on any atom is 0.677 e. The first-order valence-electron chi connectivity index (χ1n) is 32.0. The van der Waals surface area contributed by atoms with E-state index in [0.717, 1.165) is 34.3 Å². The number of halogens is 8. The number of hydrogen-bond donors (Lipinski definition) is 0. The predicted octanol–water partition coefficient (Wildman–Crippen LogP) is 20.5. The third kappa shape index (κ3) is 12.5. The van der Waals surface area contributed by atoms with E-state index in [1.807, 2.05) is 102 Å². The Kier molecular flexibility index (Phi) is 18.4. The number of esters is 2. The van der Waals surface area contributed by atoms with Gasteiger partial charge in [-0.25, -0.2) is 4.79 Å². The van der Waals surface area contributed by atoms with Gasteiger partial charge in [0.25, 0.3) is 5.91 Å². The van der Waals surface area contributed by atoms with Crippen molar-refractivity contribution in [3.05, 3.63) is 255 Å². The molecule has 3 heterocycles. The fourth-order valence-electron chi connectivity index (χ4n) is 13.7. The molecule has 0 spiro atoms. The number of benzene rings is 9. The Labute approximate surface area is 566 Å². The van der Waals surface area contributed by atoms with E-state index in [-0.39, 0.29) is 90.9 Å². The highest BCUT2D eigenvalue weighted by molar-refractivity contribution is 6.42. The first-order valence-corrected chi connectivity index (χ1v) is 32.0. The molecule has 0 fully saturated rings. The summed E-state index contributed by atoms with van der Waals surface area (Å²) < 4.78 is 136. The minimum atomic E-state index is -4.69. The molecule has 500 valence electrons. The summed E-state index contributed by atoms with van der Waals surface area (Å²) in [5.74, 6) is -2.17. The standard InChI is InChI=1S/C80H64BF8N3O7/c1-10-57-45(6)75(92(81(88)89)74(57)44(4)5)71(73-46(7)66(78(96)97-9)72(90-73)43(2)3)69-59(48-19-13-11-14-20-48)39-56(40-60(69)49-21-15-12-16-22-49)98-65(94)37-47-25-35-55(36-26-47)91(8)77(95)63-41-61(50-27-31-53(32-28-50)79(82,83)84)68-58-23-17-18-24-64(58)99-76-62(38-52(42-93)67(63)70(68)76)51-29-33-54(34-30-51)80(85,86)87/h11-36,38-44H,10,37H2,1-9H3/b73-71-. The van der Waals surface area contributed by atoms with Crippen molar-refractivity contribution in [3.8, 4) is 72.9 Å². The topological polar surface area (TPSA) is 116 Å². The second-order valence-electron chi connectivity index (χ2n) is 25.0. The number of methoxy groups -OCH3 is 1. The highest BCUT2D eigenvalue weighted by Crippen LogP contribution is 2.56. The first kappa shape index (κ1) is 68.0. The number of aliphatic imine (C=N–C) groups is 1. The normalized spacial score (nSPS) is 13.3. The van der Waals surface area contributed by atoms with Crippen molar-refractivity contribution in [3.63, 3.8) is 0 Å². The maximum atomic E-state index is 16.3.